The topological polar surface area (TPSA) is 117 Å². The number of benzene rings is 1. The van der Waals surface area contributed by atoms with E-state index in [9.17, 15) is 17.6 Å². The summed E-state index contributed by atoms with van der Waals surface area (Å²) in [6.07, 6.45) is 1.95. The van der Waals surface area contributed by atoms with Crippen molar-refractivity contribution >= 4 is 27.4 Å². The zero-order chi connectivity index (χ0) is 23.7. The molecule has 34 heavy (non-hydrogen) atoms. The molecule has 0 N–H and O–H groups in total. The molecule has 1 aromatic carbocycles. The lowest BCUT2D eigenvalue weighted by Gasteiger charge is -2.34. The molecular formula is C21H25FN8O3S. The first-order chi connectivity index (χ1) is 16.4. The van der Waals surface area contributed by atoms with Gasteiger partial charge >= 0.3 is 0 Å². The largest absolute Gasteiger partial charge is 0.355 e. The second kappa shape index (κ2) is 9.22. The maximum atomic E-state index is 13.2. The summed E-state index contributed by atoms with van der Waals surface area (Å²) in [5.41, 5.74) is 0.575. The molecule has 180 valence electrons. The van der Waals surface area contributed by atoms with E-state index in [-0.39, 0.29) is 23.3 Å². The van der Waals surface area contributed by atoms with Gasteiger partial charge in [-0.05, 0) is 66.1 Å². The SMILES string of the molecule is O=C(C1CCN(c2ccc3nnnn3n2)CC1)N1CCCN(S(=O)(=O)c2ccc(F)cc2)CC1. The number of sulfonamides is 1. The number of nitrogens with zero attached hydrogens (tertiary/aromatic N) is 8. The molecule has 0 saturated carbocycles. The molecule has 0 spiro atoms. The van der Waals surface area contributed by atoms with Crippen LogP contribution in [-0.2, 0) is 14.8 Å². The first kappa shape index (κ1) is 22.6. The minimum absolute atomic E-state index is 0.0644. The van der Waals surface area contributed by atoms with Crippen molar-refractivity contribution in [3.8, 4) is 0 Å². The number of amides is 1. The number of piperidine rings is 1. The van der Waals surface area contributed by atoms with Crippen LogP contribution in [0.1, 0.15) is 19.3 Å². The van der Waals surface area contributed by atoms with Crippen LogP contribution in [-0.4, -0.2) is 88.1 Å². The highest BCUT2D eigenvalue weighted by Gasteiger charge is 2.32. The number of aromatic nitrogens is 5. The van der Waals surface area contributed by atoms with Gasteiger partial charge in [0.1, 0.15) is 5.82 Å². The molecule has 13 heteroatoms. The van der Waals surface area contributed by atoms with Crippen LogP contribution in [0.2, 0.25) is 0 Å². The van der Waals surface area contributed by atoms with Crippen LogP contribution in [0, 0.1) is 11.7 Å². The van der Waals surface area contributed by atoms with E-state index in [1.165, 1.54) is 21.1 Å². The number of anilines is 1. The first-order valence-corrected chi connectivity index (χ1v) is 12.7. The number of halogens is 1. The lowest BCUT2D eigenvalue weighted by atomic mass is 9.95. The van der Waals surface area contributed by atoms with Crippen molar-refractivity contribution in [1.82, 2.24) is 34.5 Å². The van der Waals surface area contributed by atoms with E-state index >= 15 is 0 Å². The summed E-state index contributed by atoms with van der Waals surface area (Å²) in [6.45, 7) is 2.79. The van der Waals surface area contributed by atoms with Crippen LogP contribution in [0.4, 0.5) is 10.2 Å². The van der Waals surface area contributed by atoms with Gasteiger partial charge in [-0.25, -0.2) is 12.8 Å². The Hall–Kier alpha value is -3.19. The van der Waals surface area contributed by atoms with Crippen LogP contribution in [0.3, 0.4) is 0 Å². The quantitative estimate of drug-likeness (QED) is 0.529. The number of hydrogen-bond acceptors (Lipinski definition) is 8. The minimum atomic E-state index is -3.73. The molecule has 2 aromatic heterocycles. The molecule has 11 nitrogen and oxygen atoms in total. The summed E-state index contributed by atoms with van der Waals surface area (Å²) in [6, 6.07) is 8.52. The number of tetrazole rings is 1. The number of rotatable bonds is 4. The van der Waals surface area contributed by atoms with Gasteiger partial charge in [-0.2, -0.15) is 4.31 Å². The summed E-state index contributed by atoms with van der Waals surface area (Å²) in [7, 11) is -3.73. The average molecular weight is 489 g/mol. The highest BCUT2D eigenvalue weighted by molar-refractivity contribution is 7.89. The van der Waals surface area contributed by atoms with Gasteiger partial charge in [0.25, 0.3) is 0 Å². The van der Waals surface area contributed by atoms with Crippen LogP contribution in [0.5, 0.6) is 0 Å². The second-order valence-corrected chi connectivity index (χ2v) is 10.5. The molecule has 5 rings (SSSR count). The fourth-order valence-electron chi connectivity index (χ4n) is 4.53. The molecule has 2 aliphatic heterocycles. The Labute approximate surface area is 196 Å². The Balaban J connectivity index is 1.18. The third-order valence-electron chi connectivity index (χ3n) is 6.44. The molecule has 0 radical (unpaired) electrons. The molecular weight excluding hydrogens is 463 g/mol. The van der Waals surface area contributed by atoms with Gasteiger partial charge in [-0.15, -0.1) is 14.8 Å². The Morgan fingerprint density at radius 2 is 1.71 bits per heavy atom. The van der Waals surface area contributed by atoms with E-state index in [1.807, 2.05) is 12.1 Å². The molecule has 2 saturated heterocycles. The smallest absolute Gasteiger partial charge is 0.243 e. The Kier molecular flexibility index (Phi) is 6.13. The third-order valence-corrected chi connectivity index (χ3v) is 8.35. The number of carbonyl (C=O) groups excluding carboxylic acids is 1. The van der Waals surface area contributed by atoms with E-state index in [0.29, 0.717) is 57.6 Å². The highest BCUT2D eigenvalue weighted by atomic mass is 32.2. The fourth-order valence-corrected chi connectivity index (χ4v) is 6.00. The molecule has 2 fully saturated rings. The van der Waals surface area contributed by atoms with Gasteiger partial charge in [-0.1, -0.05) is 0 Å². The summed E-state index contributed by atoms with van der Waals surface area (Å²) in [5, 5.41) is 15.7. The summed E-state index contributed by atoms with van der Waals surface area (Å²) in [5.74, 6) is 0.254. The van der Waals surface area contributed by atoms with Crippen LogP contribution in [0.25, 0.3) is 5.65 Å². The van der Waals surface area contributed by atoms with E-state index in [0.717, 1.165) is 18.0 Å². The molecule has 3 aromatic rings. The van der Waals surface area contributed by atoms with Gasteiger partial charge in [0, 0.05) is 45.2 Å². The molecule has 1 amide bonds. The van der Waals surface area contributed by atoms with Gasteiger partial charge in [0.05, 0.1) is 4.90 Å². The van der Waals surface area contributed by atoms with E-state index in [1.54, 1.807) is 4.90 Å². The number of carbonyl (C=O) groups is 1. The average Bonchev–Trinajstić information content (AvgIpc) is 3.18. The van der Waals surface area contributed by atoms with Crippen molar-refractivity contribution in [3.63, 3.8) is 0 Å². The van der Waals surface area contributed by atoms with Crippen molar-refractivity contribution < 1.29 is 17.6 Å². The molecule has 0 unspecified atom stereocenters. The van der Waals surface area contributed by atoms with E-state index < -0.39 is 15.8 Å². The predicted molar refractivity (Wildman–Crippen MR) is 120 cm³/mol. The summed E-state index contributed by atoms with van der Waals surface area (Å²) < 4.78 is 41.8. The van der Waals surface area contributed by atoms with Gasteiger partial charge in [-0.3, -0.25) is 4.79 Å². The molecule has 2 aliphatic rings. The van der Waals surface area contributed by atoms with Crippen molar-refractivity contribution in [2.45, 2.75) is 24.2 Å². The summed E-state index contributed by atoms with van der Waals surface area (Å²) >= 11 is 0. The minimum Gasteiger partial charge on any atom is -0.355 e. The number of fused-ring (bicyclic) bond motifs is 1. The highest BCUT2D eigenvalue weighted by Crippen LogP contribution is 2.25. The standard InChI is InChI=1S/C21H25FN8O3S/c22-17-2-4-18(5-3-17)34(32,33)29-11-1-10-28(14-15-29)21(31)16-8-12-27(13-9-16)20-7-6-19-23-25-26-30(19)24-20/h2-7,16H,1,8-15H2. The van der Waals surface area contributed by atoms with Crippen LogP contribution >= 0.6 is 0 Å². The Bertz CT molecular complexity index is 1270. The lowest BCUT2D eigenvalue weighted by Crippen LogP contribution is -2.44. The van der Waals surface area contributed by atoms with Crippen molar-refractivity contribution in [3.05, 3.63) is 42.2 Å². The maximum absolute atomic E-state index is 13.2. The monoisotopic (exact) mass is 488 g/mol. The molecule has 0 atom stereocenters. The van der Waals surface area contributed by atoms with E-state index in [2.05, 4.69) is 25.5 Å². The zero-order valence-corrected chi connectivity index (χ0v) is 19.3. The molecule has 0 aliphatic carbocycles. The van der Waals surface area contributed by atoms with Crippen LogP contribution < -0.4 is 4.90 Å². The van der Waals surface area contributed by atoms with Crippen molar-refractivity contribution in [2.75, 3.05) is 44.2 Å². The van der Waals surface area contributed by atoms with Crippen molar-refractivity contribution in [2.24, 2.45) is 5.92 Å². The summed E-state index contributed by atoms with van der Waals surface area (Å²) in [4.78, 5) is 17.2. The lowest BCUT2D eigenvalue weighted by molar-refractivity contribution is -0.136. The van der Waals surface area contributed by atoms with E-state index in [4.69, 9.17) is 0 Å². The second-order valence-electron chi connectivity index (χ2n) is 8.52. The fraction of sp³-hybridized carbons (Fsp3) is 0.476. The Morgan fingerprint density at radius 3 is 2.47 bits per heavy atom. The normalized spacial score (nSPS) is 18.9. The Morgan fingerprint density at radius 1 is 0.941 bits per heavy atom. The van der Waals surface area contributed by atoms with Gasteiger partial charge < -0.3 is 9.80 Å². The third kappa shape index (κ3) is 4.44. The number of hydrogen-bond donors (Lipinski definition) is 0. The zero-order valence-electron chi connectivity index (χ0n) is 18.5. The maximum Gasteiger partial charge on any atom is 0.243 e. The van der Waals surface area contributed by atoms with Crippen LogP contribution in [0.15, 0.2) is 41.3 Å². The van der Waals surface area contributed by atoms with Gasteiger partial charge in [0.2, 0.25) is 15.9 Å². The molecule has 4 heterocycles. The van der Waals surface area contributed by atoms with Crippen molar-refractivity contribution in [1.29, 1.82) is 0 Å². The molecule has 0 bridgehead atoms. The van der Waals surface area contributed by atoms with Gasteiger partial charge in [0.15, 0.2) is 11.5 Å². The first-order valence-electron chi connectivity index (χ1n) is 11.3. The predicted octanol–water partition coefficient (Wildman–Crippen LogP) is 0.798.